The maximum atomic E-state index is 15.2. The highest BCUT2D eigenvalue weighted by Gasteiger charge is 2.77. The molecule has 6 unspecified atom stereocenters. The number of rotatable bonds is 4. The van der Waals surface area contributed by atoms with E-state index in [1.807, 2.05) is 0 Å². The summed E-state index contributed by atoms with van der Waals surface area (Å²) < 4.78 is 78.9. The molecule has 0 spiro atoms. The summed E-state index contributed by atoms with van der Waals surface area (Å²) in [5.74, 6) is -22.6. The Kier molecular flexibility index (Phi) is 7.69. The van der Waals surface area contributed by atoms with E-state index in [9.17, 15) is 37.5 Å². The molecule has 4 aliphatic rings. The van der Waals surface area contributed by atoms with E-state index in [0.29, 0.717) is 0 Å². The number of hydrogen-bond acceptors (Lipinski definition) is 6. The molecular weight excluding hydrogens is 766 g/mol. The first-order chi connectivity index (χ1) is 23.1. The third kappa shape index (κ3) is 4.26. The van der Waals surface area contributed by atoms with Gasteiger partial charge < -0.3 is 9.84 Å². The zero-order valence-corrected chi connectivity index (χ0v) is 27.8. The highest BCUT2D eigenvalue weighted by atomic mass is 79.9. The van der Waals surface area contributed by atoms with Crippen molar-refractivity contribution in [1.82, 2.24) is 0 Å². The number of alkyl halides is 2. The highest BCUT2D eigenvalue weighted by Crippen LogP contribution is 2.67. The van der Waals surface area contributed by atoms with Crippen LogP contribution in [0.4, 0.5) is 33.3 Å². The maximum Gasteiger partial charge on any atom is 0.258 e. The molecule has 2 aliphatic carbocycles. The molecule has 2 aliphatic heterocycles. The van der Waals surface area contributed by atoms with Gasteiger partial charge in [-0.25, -0.2) is 26.9 Å². The lowest BCUT2D eigenvalue weighted by atomic mass is 9.56. The lowest BCUT2D eigenvalue weighted by molar-refractivity contribution is -0.125. The van der Waals surface area contributed by atoms with Crippen LogP contribution >= 0.6 is 39.1 Å². The van der Waals surface area contributed by atoms with E-state index < -0.39 is 104 Å². The van der Waals surface area contributed by atoms with E-state index in [1.165, 1.54) is 25.3 Å². The number of carbonyl (C=O) groups is 4. The first-order valence-electron chi connectivity index (χ1n) is 14.6. The van der Waals surface area contributed by atoms with Crippen molar-refractivity contribution in [1.29, 1.82) is 0 Å². The number of carbonyl (C=O) groups excluding carboxylic acids is 4. The summed E-state index contributed by atoms with van der Waals surface area (Å²) in [4.78, 5) is 51.7. The van der Waals surface area contributed by atoms with E-state index in [-0.39, 0.29) is 38.4 Å². The molecule has 3 fully saturated rings. The normalized spacial score (nSPS) is 29.2. The number of imide groups is 2. The SMILES string of the molecule is COc1cc(Br)cc(C2C3=CCC4C(=O)N(c5ccccc5)C(=O)C4C3CC3(Cl)C(=O)N(c4c(F)c(F)c(F)c(F)c4F)C(=O)C23Cl)c1O. The minimum Gasteiger partial charge on any atom is -0.504 e. The quantitative estimate of drug-likeness (QED) is 0.0797. The number of ether oxygens (including phenoxy) is 1. The fraction of sp³-hybridized carbons (Fsp3) is 0.273. The number of hydrogen-bond donors (Lipinski definition) is 1. The van der Waals surface area contributed by atoms with Gasteiger partial charge in [0.15, 0.2) is 44.5 Å². The van der Waals surface area contributed by atoms with Gasteiger partial charge in [0, 0.05) is 16.0 Å². The van der Waals surface area contributed by atoms with E-state index in [1.54, 1.807) is 30.3 Å². The van der Waals surface area contributed by atoms with E-state index in [0.717, 1.165) is 4.90 Å². The Hall–Kier alpha value is -4.01. The lowest BCUT2D eigenvalue weighted by Crippen LogP contribution is -2.60. The van der Waals surface area contributed by atoms with Crippen molar-refractivity contribution < 1.29 is 51.0 Å². The van der Waals surface area contributed by atoms with E-state index >= 15 is 8.78 Å². The summed E-state index contributed by atoms with van der Waals surface area (Å²) in [5, 5.41) is 11.4. The first-order valence-corrected chi connectivity index (χ1v) is 16.1. The number of halogens is 8. The van der Waals surface area contributed by atoms with Crippen molar-refractivity contribution in [2.45, 2.75) is 28.5 Å². The first kappa shape index (κ1) is 33.5. The van der Waals surface area contributed by atoms with Crippen LogP contribution in [0, 0.1) is 46.8 Å². The van der Waals surface area contributed by atoms with Crippen LogP contribution in [0.1, 0.15) is 24.3 Å². The van der Waals surface area contributed by atoms with Crippen molar-refractivity contribution >= 4 is 74.1 Å². The minimum absolute atomic E-state index is 0.0570. The Morgan fingerprint density at radius 2 is 1.47 bits per heavy atom. The molecule has 2 heterocycles. The van der Waals surface area contributed by atoms with E-state index in [4.69, 9.17) is 27.9 Å². The number of aromatic hydroxyl groups is 1. The molecule has 6 atom stereocenters. The van der Waals surface area contributed by atoms with Crippen LogP contribution in [0.5, 0.6) is 11.5 Å². The van der Waals surface area contributed by atoms with Gasteiger partial charge in [0.1, 0.15) is 5.69 Å². The Morgan fingerprint density at radius 1 is 0.857 bits per heavy atom. The second-order valence-corrected chi connectivity index (χ2v) is 14.2. The number of anilines is 2. The van der Waals surface area contributed by atoms with Crippen molar-refractivity contribution in [3.05, 3.63) is 93.2 Å². The molecule has 3 aromatic rings. The monoisotopic (exact) mass is 784 g/mol. The van der Waals surface area contributed by atoms with Crippen LogP contribution in [0.25, 0.3) is 0 Å². The van der Waals surface area contributed by atoms with Crippen LogP contribution in [0.2, 0.25) is 0 Å². The summed E-state index contributed by atoms with van der Waals surface area (Å²) in [7, 11) is 1.22. The van der Waals surface area contributed by atoms with Crippen LogP contribution in [-0.4, -0.2) is 45.6 Å². The number of para-hydroxylation sites is 1. The second-order valence-electron chi connectivity index (χ2n) is 12.1. The molecule has 7 rings (SSSR count). The summed E-state index contributed by atoms with van der Waals surface area (Å²) >= 11 is 17.5. The number of amides is 4. The number of phenols is 1. The molecule has 1 N–H and O–H groups in total. The second kappa shape index (κ2) is 11.3. The number of fused-ring (bicyclic) bond motifs is 4. The summed E-state index contributed by atoms with van der Waals surface area (Å²) in [5.41, 5.74) is -1.63. The average Bonchev–Trinajstić information content (AvgIpc) is 3.42. The third-order valence-corrected chi connectivity index (χ3v) is 11.7. The van der Waals surface area contributed by atoms with Crippen LogP contribution < -0.4 is 14.5 Å². The average molecular weight is 786 g/mol. The highest BCUT2D eigenvalue weighted by molar-refractivity contribution is 9.10. The topological polar surface area (TPSA) is 104 Å². The molecule has 254 valence electrons. The van der Waals surface area contributed by atoms with E-state index in [2.05, 4.69) is 15.9 Å². The standard InChI is InChI=1S/C33H20BrCl2F5N2O6/c1-49-18-10-12(34)9-16(27(18)44)20-14-7-8-15-19(29(46)42(28(15)45)13-5-3-2-4-6-13)17(14)11-32(35)30(47)43(31(48)33(20,32)36)26-24(40)22(38)21(37)23(39)25(26)41/h2-7,9-10,15,17,19-20,44H,8,11H2,1H3. The van der Waals surface area contributed by atoms with Crippen molar-refractivity contribution in [3.63, 3.8) is 0 Å². The summed E-state index contributed by atoms with van der Waals surface area (Å²) in [6.07, 6.45) is 0.798. The minimum atomic E-state index is -2.80. The Morgan fingerprint density at radius 3 is 2.08 bits per heavy atom. The molecule has 0 radical (unpaired) electrons. The van der Waals surface area contributed by atoms with Gasteiger partial charge >= 0.3 is 0 Å². The zero-order chi connectivity index (χ0) is 35.5. The van der Waals surface area contributed by atoms with Crippen LogP contribution in [0.3, 0.4) is 0 Å². The summed E-state index contributed by atoms with van der Waals surface area (Å²) in [6, 6.07) is 10.7. The van der Waals surface area contributed by atoms with Crippen LogP contribution in [-0.2, 0) is 19.2 Å². The molecule has 4 amide bonds. The molecule has 0 aromatic heterocycles. The van der Waals surface area contributed by atoms with Gasteiger partial charge in [-0.05, 0) is 43.0 Å². The predicted molar refractivity (Wildman–Crippen MR) is 168 cm³/mol. The Labute approximate surface area is 292 Å². The van der Waals surface area contributed by atoms with Crippen molar-refractivity contribution in [3.8, 4) is 11.5 Å². The maximum absolute atomic E-state index is 15.2. The van der Waals surface area contributed by atoms with Crippen molar-refractivity contribution in [2.24, 2.45) is 17.8 Å². The number of phenolic OH excluding ortho intramolecular Hbond substituents is 1. The third-order valence-electron chi connectivity index (χ3n) is 9.84. The Balaban J connectivity index is 1.47. The van der Waals surface area contributed by atoms with Gasteiger partial charge in [-0.2, -0.15) is 0 Å². The lowest BCUT2D eigenvalue weighted by Gasteiger charge is -2.50. The van der Waals surface area contributed by atoms with Gasteiger partial charge in [-0.3, -0.25) is 24.1 Å². The molecule has 3 aromatic carbocycles. The van der Waals surface area contributed by atoms with Gasteiger partial charge in [0.2, 0.25) is 17.6 Å². The number of methoxy groups -OCH3 is 1. The van der Waals surface area contributed by atoms with Gasteiger partial charge in [0.25, 0.3) is 11.8 Å². The largest absolute Gasteiger partial charge is 0.504 e. The van der Waals surface area contributed by atoms with Gasteiger partial charge in [0.05, 0.1) is 24.6 Å². The number of nitrogens with zero attached hydrogens (tertiary/aromatic N) is 2. The molecule has 16 heteroatoms. The fourth-order valence-electron chi connectivity index (χ4n) is 7.71. The van der Waals surface area contributed by atoms with Gasteiger partial charge in [-0.15, -0.1) is 23.2 Å². The zero-order valence-electron chi connectivity index (χ0n) is 24.7. The molecule has 0 bridgehead atoms. The number of allylic oxidation sites excluding steroid dienone is 2. The molecule has 2 saturated heterocycles. The van der Waals surface area contributed by atoms with Crippen molar-refractivity contribution in [2.75, 3.05) is 16.9 Å². The Bertz CT molecular complexity index is 2040. The van der Waals surface area contributed by atoms with Crippen LogP contribution in [0.15, 0.2) is 58.6 Å². The molecule has 8 nitrogen and oxygen atoms in total. The molecular formula is C33H20BrCl2F5N2O6. The smallest absolute Gasteiger partial charge is 0.258 e. The molecule has 1 saturated carbocycles. The molecule has 49 heavy (non-hydrogen) atoms. The van der Waals surface area contributed by atoms with Gasteiger partial charge in [-0.1, -0.05) is 45.8 Å². The summed E-state index contributed by atoms with van der Waals surface area (Å²) in [6.45, 7) is 0. The fourth-order valence-corrected chi connectivity index (χ4v) is 9.10. The number of benzene rings is 3. The predicted octanol–water partition coefficient (Wildman–Crippen LogP) is 6.63.